The van der Waals surface area contributed by atoms with Gasteiger partial charge in [0.15, 0.2) is 0 Å². The summed E-state index contributed by atoms with van der Waals surface area (Å²) < 4.78 is 14.5. The van der Waals surface area contributed by atoms with Gasteiger partial charge < -0.3 is 19.1 Å². The average molecular weight is 489 g/mol. The molecule has 0 unspecified atom stereocenters. The number of aromatic nitrogens is 2. The molecular formula is C28H28N2O4S. The minimum Gasteiger partial charge on any atom is -0.491 e. The third-order valence-corrected chi connectivity index (χ3v) is 8.02. The molecule has 0 spiro atoms. The molecule has 1 aliphatic heterocycles. The topological polar surface area (TPSA) is 73.6 Å². The van der Waals surface area contributed by atoms with E-state index in [4.69, 9.17) is 9.47 Å². The highest BCUT2D eigenvalue weighted by Crippen LogP contribution is 2.47. The highest BCUT2D eigenvalue weighted by molar-refractivity contribution is 7.09. The fraction of sp³-hybridized carbons (Fsp3) is 0.357. The molecule has 6 rings (SSSR count). The molecule has 180 valence electrons. The number of fused-ring (bicyclic) bond motifs is 5. The van der Waals surface area contributed by atoms with Crippen molar-refractivity contribution in [1.29, 1.82) is 0 Å². The van der Waals surface area contributed by atoms with Gasteiger partial charge in [-0.15, -0.1) is 11.3 Å². The van der Waals surface area contributed by atoms with Crippen molar-refractivity contribution < 1.29 is 19.4 Å². The number of aryl methyl sites for hydroxylation is 1. The van der Waals surface area contributed by atoms with Crippen molar-refractivity contribution >= 4 is 28.2 Å². The zero-order valence-electron chi connectivity index (χ0n) is 19.8. The third-order valence-electron chi connectivity index (χ3n) is 7.20. The lowest BCUT2D eigenvalue weighted by Gasteiger charge is -2.23. The highest BCUT2D eigenvalue weighted by Gasteiger charge is 2.29. The molecule has 3 heterocycles. The first-order valence-corrected chi connectivity index (χ1v) is 13.2. The van der Waals surface area contributed by atoms with Crippen LogP contribution < -0.4 is 9.47 Å². The van der Waals surface area contributed by atoms with Gasteiger partial charge in [0.2, 0.25) is 0 Å². The number of aromatic carboxylic acids is 1. The molecule has 0 amide bonds. The number of thiazole rings is 1. The van der Waals surface area contributed by atoms with Gasteiger partial charge in [0.1, 0.15) is 24.7 Å². The number of ether oxygens (including phenoxy) is 2. The van der Waals surface area contributed by atoms with E-state index < -0.39 is 5.97 Å². The zero-order chi connectivity index (χ0) is 23.9. The van der Waals surface area contributed by atoms with E-state index in [1.807, 2.05) is 36.6 Å². The van der Waals surface area contributed by atoms with Crippen LogP contribution in [-0.4, -0.2) is 27.2 Å². The van der Waals surface area contributed by atoms with Crippen LogP contribution in [-0.2, 0) is 13.2 Å². The number of benzene rings is 2. The monoisotopic (exact) mass is 488 g/mol. The molecule has 35 heavy (non-hydrogen) atoms. The van der Waals surface area contributed by atoms with E-state index in [1.165, 1.54) is 35.9 Å². The molecule has 0 radical (unpaired) electrons. The molecule has 0 bridgehead atoms. The Hall–Kier alpha value is -3.32. The smallest absolute Gasteiger partial charge is 0.335 e. The summed E-state index contributed by atoms with van der Waals surface area (Å²) >= 11 is 1.62. The maximum Gasteiger partial charge on any atom is 0.335 e. The minimum absolute atomic E-state index is 0.319. The summed E-state index contributed by atoms with van der Waals surface area (Å²) in [6.45, 7) is 3.60. The first kappa shape index (κ1) is 22.2. The quantitative estimate of drug-likeness (QED) is 0.335. The number of hydrogen-bond acceptors (Lipinski definition) is 5. The Morgan fingerprint density at radius 1 is 1.20 bits per heavy atom. The van der Waals surface area contributed by atoms with E-state index in [0.29, 0.717) is 31.2 Å². The molecule has 2 aromatic carbocycles. The lowest BCUT2D eigenvalue weighted by atomic mass is 9.81. The highest BCUT2D eigenvalue weighted by atomic mass is 32.1. The van der Waals surface area contributed by atoms with Crippen molar-refractivity contribution in [3.8, 4) is 22.8 Å². The summed E-state index contributed by atoms with van der Waals surface area (Å²) in [5.74, 6) is 1.14. The Bertz CT molecular complexity index is 1410. The molecule has 0 atom stereocenters. The van der Waals surface area contributed by atoms with Crippen molar-refractivity contribution in [3.63, 3.8) is 0 Å². The minimum atomic E-state index is -0.899. The van der Waals surface area contributed by atoms with Crippen LogP contribution in [0.15, 0.2) is 41.8 Å². The van der Waals surface area contributed by atoms with Gasteiger partial charge in [0.25, 0.3) is 0 Å². The van der Waals surface area contributed by atoms with E-state index in [1.54, 1.807) is 17.4 Å². The summed E-state index contributed by atoms with van der Waals surface area (Å²) in [7, 11) is 0. The van der Waals surface area contributed by atoms with Crippen LogP contribution >= 0.6 is 11.3 Å². The second-order valence-corrected chi connectivity index (χ2v) is 10.5. The van der Waals surface area contributed by atoms with Gasteiger partial charge in [0, 0.05) is 27.9 Å². The van der Waals surface area contributed by atoms with Gasteiger partial charge in [-0.05, 0) is 55.5 Å². The summed E-state index contributed by atoms with van der Waals surface area (Å²) in [5.41, 5.74) is 5.79. The number of rotatable bonds is 5. The van der Waals surface area contributed by atoms with Crippen molar-refractivity contribution in [2.45, 2.75) is 58.1 Å². The van der Waals surface area contributed by atoms with E-state index in [2.05, 4.69) is 15.6 Å². The predicted molar refractivity (Wildman–Crippen MR) is 137 cm³/mol. The summed E-state index contributed by atoms with van der Waals surface area (Å²) in [4.78, 5) is 16.2. The molecule has 1 saturated carbocycles. The van der Waals surface area contributed by atoms with Gasteiger partial charge in [-0.3, -0.25) is 0 Å². The van der Waals surface area contributed by atoms with Crippen LogP contribution in [0.1, 0.15) is 64.6 Å². The van der Waals surface area contributed by atoms with Crippen LogP contribution in [0.3, 0.4) is 0 Å². The molecule has 1 fully saturated rings. The average Bonchev–Trinajstić information content (AvgIpc) is 3.37. The molecular weight excluding hydrogens is 460 g/mol. The standard InChI is InChI=1S/C28H28N2O4S/c1-17-29-20(16-35-17)15-34-21-8-10-23-25(14-21)33-12-11-30-24-13-19(28(31)32)7-9-22(24)26(27(23)30)18-5-3-2-4-6-18/h7-10,13-14,16,18H,2-6,11-12,15H2,1H3,(H,31,32). The molecule has 1 N–H and O–H groups in total. The lowest BCUT2D eigenvalue weighted by molar-refractivity contribution is 0.0697. The lowest BCUT2D eigenvalue weighted by Crippen LogP contribution is -2.07. The fourth-order valence-corrected chi connectivity index (χ4v) is 6.22. The SMILES string of the molecule is Cc1nc(COc2ccc3c(c2)OCCn2c-3c(C3CCCCC3)c3ccc(C(=O)O)cc32)cs1. The van der Waals surface area contributed by atoms with Crippen LogP contribution in [0.2, 0.25) is 0 Å². The van der Waals surface area contributed by atoms with Crippen LogP contribution in [0, 0.1) is 6.92 Å². The first-order chi connectivity index (χ1) is 17.1. The van der Waals surface area contributed by atoms with E-state index in [0.717, 1.165) is 46.1 Å². The predicted octanol–water partition coefficient (Wildman–Crippen LogP) is 6.79. The summed E-state index contributed by atoms with van der Waals surface area (Å²) in [6.07, 6.45) is 6.08. The van der Waals surface area contributed by atoms with Gasteiger partial charge in [-0.2, -0.15) is 0 Å². The van der Waals surface area contributed by atoms with Crippen LogP contribution in [0.5, 0.6) is 11.5 Å². The van der Waals surface area contributed by atoms with Gasteiger partial charge >= 0.3 is 5.97 Å². The van der Waals surface area contributed by atoms with Gasteiger partial charge in [-0.1, -0.05) is 25.3 Å². The van der Waals surface area contributed by atoms with Crippen molar-refractivity contribution in [1.82, 2.24) is 9.55 Å². The maximum atomic E-state index is 11.7. The maximum absolute atomic E-state index is 11.7. The molecule has 6 nitrogen and oxygen atoms in total. The van der Waals surface area contributed by atoms with Crippen LogP contribution in [0.4, 0.5) is 0 Å². The third kappa shape index (κ3) is 4.08. The molecule has 1 aliphatic carbocycles. The number of carboxylic acids is 1. The van der Waals surface area contributed by atoms with Crippen molar-refractivity contribution in [2.24, 2.45) is 0 Å². The first-order valence-electron chi connectivity index (χ1n) is 12.3. The Labute approximate surface area is 208 Å². The fourth-order valence-electron chi connectivity index (χ4n) is 5.62. The zero-order valence-corrected chi connectivity index (χ0v) is 20.6. The normalized spacial score (nSPS) is 15.8. The van der Waals surface area contributed by atoms with Gasteiger partial charge in [0.05, 0.1) is 28.5 Å². The van der Waals surface area contributed by atoms with E-state index in [9.17, 15) is 9.90 Å². The number of hydrogen-bond donors (Lipinski definition) is 1. The number of carbonyl (C=O) groups is 1. The molecule has 7 heteroatoms. The molecule has 2 aliphatic rings. The largest absolute Gasteiger partial charge is 0.491 e. The Kier molecular flexibility index (Phi) is 5.72. The molecule has 2 aromatic heterocycles. The van der Waals surface area contributed by atoms with Crippen molar-refractivity contribution in [3.05, 3.63) is 63.6 Å². The van der Waals surface area contributed by atoms with Crippen LogP contribution in [0.25, 0.3) is 22.2 Å². The summed E-state index contributed by atoms with van der Waals surface area (Å²) in [6, 6.07) is 11.7. The summed E-state index contributed by atoms with van der Waals surface area (Å²) in [5, 5.41) is 13.9. The second kappa shape index (κ2) is 9.04. The number of nitrogens with zero attached hydrogens (tertiary/aromatic N) is 2. The Morgan fingerprint density at radius 3 is 2.83 bits per heavy atom. The Morgan fingerprint density at radius 2 is 2.06 bits per heavy atom. The molecule has 0 saturated heterocycles. The Balaban J connectivity index is 1.46. The van der Waals surface area contributed by atoms with E-state index >= 15 is 0 Å². The molecule has 4 aromatic rings. The number of carboxylic acid groups (broad SMARTS) is 1. The van der Waals surface area contributed by atoms with Crippen molar-refractivity contribution in [2.75, 3.05) is 6.61 Å². The second-order valence-electron chi connectivity index (χ2n) is 9.44. The van der Waals surface area contributed by atoms with Gasteiger partial charge in [-0.25, -0.2) is 9.78 Å². The van der Waals surface area contributed by atoms with E-state index in [-0.39, 0.29) is 0 Å².